The van der Waals surface area contributed by atoms with Gasteiger partial charge in [-0.2, -0.15) is 4.31 Å². The molecule has 3 aliphatic heterocycles. The number of rotatable bonds is 7. The minimum absolute atomic E-state index is 0.0588. The Morgan fingerprint density at radius 3 is 2.48 bits per heavy atom. The number of carbonyl (C=O) groups excluding carboxylic acids is 4. The largest absolute Gasteiger partial charge is 0.326 e. The SMILES string of the molecule is CC1(C)CCCCN1S(=O)(=O)Cc1cccc(NC(=O)[C@H]2CC[C@@H](c3ccc4c5c(cccc53)C(=O)N4C3CCC(=O)NC3=O)CC2)c1. The summed E-state index contributed by atoms with van der Waals surface area (Å²) in [5.41, 5.74) is 3.26. The molecule has 1 saturated carbocycles. The summed E-state index contributed by atoms with van der Waals surface area (Å²) in [5.74, 6) is -1.09. The van der Waals surface area contributed by atoms with Crippen LogP contribution in [-0.2, 0) is 30.2 Å². The van der Waals surface area contributed by atoms with Crippen LogP contribution < -0.4 is 15.5 Å². The molecule has 0 radical (unpaired) electrons. The summed E-state index contributed by atoms with van der Waals surface area (Å²) < 4.78 is 28.3. The van der Waals surface area contributed by atoms with Crippen molar-refractivity contribution < 1.29 is 27.6 Å². The van der Waals surface area contributed by atoms with E-state index in [1.54, 1.807) is 39.5 Å². The highest BCUT2D eigenvalue weighted by molar-refractivity contribution is 7.88. The van der Waals surface area contributed by atoms with Gasteiger partial charge in [0.05, 0.1) is 11.4 Å². The maximum Gasteiger partial charge on any atom is 0.259 e. The molecular formula is C37H42N4O6S. The van der Waals surface area contributed by atoms with Crippen molar-refractivity contribution in [2.45, 2.75) is 94.9 Å². The summed E-state index contributed by atoms with van der Waals surface area (Å²) in [4.78, 5) is 52.9. The van der Waals surface area contributed by atoms with E-state index in [0.29, 0.717) is 48.3 Å². The normalized spacial score (nSPS) is 24.5. The van der Waals surface area contributed by atoms with Crippen molar-refractivity contribution in [2.75, 3.05) is 16.8 Å². The van der Waals surface area contributed by atoms with E-state index in [1.165, 1.54) is 0 Å². The van der Waals surface area contributed by atoms with Gasteiger partial charge in [0.15, 0.2) is 0 Å². The number of sulfonamides is 1. The Bertz CT molecular complexity index is 1930. The minimum Gasteiger partial charge on any atom is -0.326 e. The van der Waals surface area contributed by atoms with Crippen molar-refractivity contribution in [3.8, 4) is 0 Å². The van der Waals surface area contributed by atoms with Crippen molar-refractivity contribution in [3.63, 3.8) is 0 Å². The van der Waals surface area contributed by atoms with Gasteiger partial charge < -0.3 is 5.32 Å². The molecule has 3 heterocycles. The Labute approximate surface area is 281 Å². The van der Waals surface area contributed by atoms with E-state index in [1.807, 2.05) is 32.0 Å². The number of imide groups is 1. The van der Waals surface area contributed by atoms with Gasteiger partial charge >= 0.3 is 0 Å². The third-order valence-corrected chi connectivity index (χ3v) is 12.8. The molecule has 4 aliphatic rings. The van der Waals surface area contributed by atoms with Gasteiger partial charge in [-0.3, -0.25) is 29.4 Å². The van der Waals surface area contributed by atoms with Gasteiger partial charge in [0.25, 0.3) is 5.91 Å². The topological polar surface area (TPSA) is 133 Å². The summed E-state index contributed by atoms with van der Waals surface area (Å²) in [7, 11) is -3.51. The van der Waals surface area contributed by atoms with Gasteiger partial charge in [-0.25, -0.2) is 8.42 Å². The predicted molar refractivity (Wildman–Crippen MR) is 184 cm³/mol. The molecule has 1 unspecified atom stereocenters. The first-order valence-electron chi connectivity index (χ1n) is 17.1. The molecular weight excluding hydrogens is 628 g/mol. The number of anilines is 2. The van der Waals surface area contributed by atoms with Crippen LogP contribution in [0, 0.1) is 5.92 Å². The maximum absolute atomic E-state index is 13.5. The van der Waals surface area contributed by atoms with E-state index < -0.39 is 27.5 Å². The molecule has 7 rings (SSSR count). The number of benzene rings is 3. The number of nitrogens with zero attached hydrogens (tertiary/aromatic N) is 2. The Morgan fingerprint density at radius 2 is 1.73 bits per heavy atom. The lowest BCUT2D eigenvalue weighted by Gasteiger charge is -2.41. The Balaban J connectivity index is 1.02. The monoisotopic (exact) mass is 670 g/mol. The van der Waals surface area contributed by atoms with Gasteiger partial charge in [-0.05, 0) is 105 Å². The quantitative estimate of drug-likeness (QED) is 0.314. The van der Waals surface area contributed by atoms with E-state index in [2.05, 4.69) is 16.7 Å². The average molecular weight is 671 g/mol. The molecule has 0 aromatic heterocycles. The predicted octanol–water partition coefficient (Wildman–Crippen LogP) is 5.61. The Hall–Kier alpha value is -4.09. The molecule has 2 N–H and O–H groups in total. The zero-order valence-electron chi connectivity index (χ0n) is 27.5. The number of piperidine rings is 2. The zero-order chi connectivity index (χ0) is 33.8. The first-order chi connectivity index (χ1) is 22.9. The van der Waals surface area contributed by atoms with Gasteiger partial charge in [0.1, 0.15) is 6.04 Å². The molecule has 0 spiro atoms. The molecule has 3 fully saturated rings. The number of carbonyl (C=O) groups is 4. The van der Waals surface area contributed by atoms with E-state index >= 15 is 0 Å². The molecule has 48 heavy (non-hydrogen) atoms. The van der Waals surface area contributed by atoms with Crippen molar-refractivity contribution >= 4 is 55.8 Å². The van der Waals surface area contributed by atoms with Crippen molar-refractivity contribution in [2.24, 2.45) is 5.92 Å². The van der Waals surface area contributed by atoms with Crippen molar-refractivity contribution in [3.05, 3.63) is 71.3 Å². The minimum atomic E-state index is -3.51. The van der Waals surface area contributed by atoms with Crippen LogP contribution in [0.5, 0.6) is 0 Å². The van der Waals surface area contributed by atoms with Crippen LogP contribution in [0.15, 0.2) is 54.6 Å². The van der Waals surface area contributed by atoms with Crippen LogP contribution in [0.3, 0.4) is 0 Å². The lowest BCUT2D eigenvalue weighted by molar-refractivity contribution is -0.134. The van der Waals surface area contributed by atoms with E-state index in [4.69, 9.17) is 0 Å². The number of hydrogen-bond donors (Lipinski definition) is 2. The van der Waals surface area contributed by atoms with Crippen LogP contribution in [0.2, 0.25) is 0 Å². The van der Waals surface area contributed by atoms with Gasteiger partial charge in [0, 0.05) is 41.1 Å². The number of nitrogens with one attached hydrogen (secondary N) is 2. The Morgan fingerprint density at radius 1 is 0.958 bits per heavy atom. The van der Waals surface area contributed by atoms with Crippen LogP contribution in [0.1, 0.15) is 99.0 Å². The third-order valence-electron chi connectivity index (χ3n) is 10.8. The Kier molecular flexibility index (Phi) is 8.40. The zero-order valence-corrected chi connectivity index (χ0v) is 28.3. The van der Waals surface area contributed by atoms with Gasteiger partial charge in [0.2, 0.25) is 27.7 Å². The third kappa shape index (κ3) is 5.91. The van der Waals surface area contributed by atoms with Crippen LogP contribution >= 0.6 is 0 Å². The second-order valence-corrected chi connectivity index (χ2v) is 16.3. The van der Waals surface area contributed by atoms with E-state index in [-0.39, 0.29) is 41.7 Å². The summed E-state index contributed by atoms with van der Waals surface area (Å²) in [6, 6.07) is 16.1. The second kappa shape index (κ2) is 12.4. The van der Waals surface area contributed by atoms with Crippen LogP contribution in [-0.4, -0.2) is 54.5 Å². The molecule has 11 heteroatoms. The summed E-state index contributed by atoms with van der Waals surface area (Å²) in [6.07, 6.45) is 6.26. The fourth-order valence-electron chi connectivity index (χ4n) is 8.32. The van der Waals surface area contributed by atoms with Crippen LogP contribution in [0.25, 0.3) is 10.8 Å². The fourth-order valence-corrected chi connectivity index (χ4v) is 10.3. The molecule has 3 aromatic rings. The molecule has 10 nitrogen and oxygen atoms in total. The lowest BCUT2D eigenvalue weighted by Crippen LogP contribution is -2.53. The first kappa shape index (κ1) is 32.5. The number of amides is 4. The molecule has 1 atom stereocenters. The van der Waals surface area contributed by atoms with E-state index in [0.717, 1.165) is 48.4 Å². The summed E-state index contributed by atoms with van der Waals surface area (Å²) in [6.45, 7) is 4.51. The molecule has 252 valence electrons. The smallest absolute Gasteiger partial charge is 0.259 e. The fraction of sp³-hybridized carbons (Fsp3) is 0.459. The standard InChI is InChI=1S/C37H42N4O6S/c1-37(2)19-3-4-20-40(37)48(46,47)22-23-7-5-8-26(21-23)38-34(43)25-13-11-24(12-14-25)27-15-16-30-33-28(27)9-6-10-29(33)36(45)41(30)31-17-18-32(42)39-35(31)44/h5-10,15-16,21,24-25,31H,3-4,11-14,17-20,22H2,1-2H3,(H,38,43)(H,39,42,44)/t24-,25+,31?. The highest BCUT2D eigenvalue weighted by Gasteiger charge is 2.42. The summed E-state index contributed by atoms with van der Waals surface area (Å²) >= 11 is 0. The highest BCUT2D eigenvalue weighted by atomic mass is 32.2. The second-order valence-electron chi connectivity index (χ2n) is 14.4. The summed E-state index contributed by atoms with van der Waals surface area (Å²) in [5, 5.41) is 7.25. The first-order valence-corrected chi connectivity index (χ1v) is 18.7. The molecule has 0 bridgehead atoms. The number of hydrogen-bond acceptors (Lipinski definition) is 6. The van der Waals surface area contributed by atoms with Gasteiger partial charge in [-0.15, -0.1) is 0 Å². The highest BCUT2D eigenvalue weighted by Crippen LogP contribution is 2.45. The van der Waals surface area contributed by atoms with Crippen molar-refractivity contribution in [1.82, 2.24) is 9.62 Å². The van der Waals surface area contributed by atoms with Crippen molar-refractivity contribution in [1.29, 1.82) is 0 Å². The van der Waals surface area contributed by atoms with Gasteiger partial charge in [-0.1, -0.05) is 36.8 Å². The molecule has 1 aliphatic carbocycles. The molecule has 3 aromatic carbocycles. The maximum atomic E-state index is 13.5. The average Bonchev–Trinajstić information content (AvgIpc) is 3.33. The molecule has 4 amide bonds. The van der Waals surface area contributed by atoms with E-state index in [9.17, 15) is 27.6 Å². The lowest BCUT2D eigenvalue weighted by atomic mass is 9.77. The molecule has 2 saturated heterocycles. The van der Waals surface area contributed by atoms with Crippen LogP contribution in [0.4, 0.5) is 11.4 Å².